The number of carbonyl (C=O) groups excluding carboxylic acids is 2. The minimum absolute atomic E-state index is 0.0359. The Hall–Kier alpha value is -4.95. The molecule has 2 atom stereocenters. The number of hydrogen-bond acceptors (Lipinski definition) is 4. The summed E-state index contributed by atoms with van der Waals surface area (Å²) in [6, 6.07) is 37.9. The molecule has 2 unspecified atom stereocenters. The molecule has 0 aromatic heterocycles. The Morgan fingerprint density at radius 1 is 0.844 bits per heavy atom. The van der Waals surface area contributed by atoms with Gasteiger partial charge in [-0.2, -0.15) is 0 Å². The molecule has 1 aliphatic heterocycles. The molecular weight excluding hydrogens is 560 g/mol. The van der Waals surface area contributed by atoms with E-state index in [4.69, 9.17) is 11.5 Å². The number of hydrogen-bond donors (Lipinski definition) is 4. The number of rotatable bonds is 12. The number of guanidine groups is 1. The topological polar surface area (TPSA) is 126 Å². The molecule has 0 aliphatic carbocycles. The zero-order chi connectivity index (χ0) is 31.4. The van der Waals surface area contributed by atoms with Crippen LogP contribution >= 0.6 is 0 Å². The summed E-state index contributed by atoms with van der Waals surface area (Å²) in [7, 11) is 0. The van der Waals surface area contributed by atoms with Crippen molar-refractivity contribution in [3.63, 3.8) is 0 Å². The van der Waals surface area contributed by atoms with Gasteiger partial charge in [-0.05, 0) is 53.6 Å². The molecule has 1 saturated heterocycles. The van der Waals surface area contributed by atoms with Crippen LogP contribution in [-0.4, -0.2) is 60.9 Å². The Balaban J connectivity index is 1.28. The van der Waals surface area contributed by atoms with Gasteiger partial charge in [0.25, 0.3) is 5.91 Å². The van der Waals surface area contributed by atoms with E-state index >= 15 is 0 Å². The van der Waals surface area contributed by atoms with Crippen molar-refractivity contribution in [3.8, 4) is 11.1 Å². The fraction of sp³-hybridized carbons (Fsp3) is 0.270. The second-order valence-electron chi connectivity index (χ2n) is 11.5. The van der Waals surface area contributed by atoms with Crippen LogP contribution in [0, 0.1) is 0 Å². The highest BCUT2D eigenvalue weighted by Crippen LogP contribution is 2.27. The Labute approximate surface area is 265 Å². The molecule has 0 saturated carbocycles. The number of nitrogens with one attached hydrogen (secondary N) is 2. The molecule has 8 nitrogen and oxygen atoms in total. The first-order chi connectivity index (χ1) is 22.0. The molecular formula is C37H42N6O2. The molecule has 8 heteroatoms. The zero-order valence-electron chi connectivity index (χ0n) is 25.5. The monoisotopic (exact) mass is 602 g/mol. The van der Waals surface area contributed by atoms with E-state index in [1.165, 1.54) is 11.1 Å². The van der Waals surface area contributed by atoms with Gasteiger partial charge in [-0.25, -0.2) is 0 Å². The van der Waals surface area contributed by atoms with Gasteiger partial charge in [-0.3, -0.25) is 14.6 Å². The fourth-order valence-electron chi connectivity index (χ4n) is 5.89. The van der Waals surface area contributed by atoms with E-state index in [1.54, 1.807) is 0 Å². The molecule has 5 rings (SSSR count). The summed E-state index contributed by atoms with van der Waals surface area (Å²) < 4.78 is 0. The predicted molar refractivity (Wildman–Crippen MR) is 181 cm³/mol. The van der Waals surface area contributed by atoms with Crippen LogP contribution < -0.4 is 22.1 Å². The lowest BCUT2D eigenvalue weighted by atomic mass is 9.90. The minimum atomic E-state index is -0.416. The molecule has 1 fully saturated rings. The second kappa shape index (κ2) is 15.7. The number of nitrogens with zero attached hydrogens (tertiary/aromatic N) is 2. The number of amides is 2. The van der Waals surface area contributed by atoms with E-state index in [0.29, 0.717) is 51.0 Å². The van der Waals surface area contributed by atoms with Gasteiger partial charge in [-0.1, -0.05) is 103 Å². The van der Waals surface area contributed by atoms with E-state index < -0.39 is 6.04 Å². The van der Waals surface area contributed by atoms with Crippen molar-refractivity contribution in [3.05, 3.63) is 132 Å². The van der Waals surface area contributed by atoms with Crippen LogP contribution in [0.2, 0.25) is 0 Å². The molecule has 4 aromatic rings. The highest BCUT2D eigenvalue weighted by Gasteiger charge is 2.32. The van der Waals surface area contributed by atoms with Gasteiger partial charge in [-0.15, -0.1) is 0 Å². The number of benzene rings is 4. The largest absolute Gasteiger partial charge is 0.370 e. The summed E-state index contributed by atoms with van der Waals surface area (Å²) in [5.74, 6) is -0.000241. The van der Waals surface area contributed by atoms with Crippen molar-refractivity contribution in [1.82, 2.24) is 15.5 Å². The molecule has 2 amide bonds. The second-order valence-corrected chi connectivity index (χ2v) is 11.5. The minimum Gasteiger partial charge on any atom is -0.370 e. The zero-order valence-corrected chi connectivity index (χ0v) is 25.5. The first kappa shape index (κ1) is 31.5. The average Bonchev–Trinajstić information content (AvgIpc) is 3.23. The van der Waals surface area contributed by atoms with Crippen LogP contribution in [0.15, 0.2) is 120 Å². The van der Waals surface area contributed by atoms with Gasteiger partial charge in [0.05, 0.1) is 6.04 Å². The summed E-state index contributed by atoms with van der Waals surface area (Å²) in [6.07, 6.45) is 1.95. The van der Waals surface area contributed by atoms with Crippen LogP contribution in [0.5, 0.6) is 0 Å². The van der Waals surface area contributed by atoms with Crippen LogP contribution in [0.25, 0.3) is 11.1 Å². The van der Waals surface area contributed by atoms with Crippen molar-refractivity contribution in [2.24, 2.45) is 16.5 Å². The van der Waals surface area contributed by atoms with Crippen molar-refractivity contribution in [2.75, 3.05) is 26.2 Å². The lowest BCUT2D eigenvalue weighted by molar-refractivity contribution is -0.133. The maximum Gasteiger partial charge on any atom is 0.251 e. The quantitative estimate of drug-likeness (QED) is 0.108. The van der Waals surface area contributed by atoms with Gasteiger partial charge >= 0.3 is 0 Å². The number of nitrogens with two attached hydrogens (primary N) is 2. The first-order valence-electron chi connectivity index (χ1n) is 15.6. The van der Waals surface area contributed by atoms with Gasteiger partial charge < -0.3 is 27.0 Å². The van der Waals surface area contributed by atoms with Crippen molar-refractivity contribution in [2.45, 2.75) is 37.3 Å². The molecule has 0 radical (unpaired) electrons. The van der Waals surface area contributed by atoms with E-state index in [9.17, 15) is 9.59 Å². The fourth-order valence-corrected chi connectivity index (χ4v) is 5.89. The van der Waals surface area contributed by atoms with Crippen LogP contribution in [0.1, 0.15) is 46.7 Å². The SMILES string of the molecule is NC(N)=NCCCC1NC(CNC(=O)c2ccc(-c3ccccc3)cc2)CCN(CC(c2ccccc2)c2ccccc2)C1=O. The van der Waals surface area contributed by atoms with Gasteiger partial charge in [0.2, 0.25) is 5.91 Å². The van der Waals surface area contributed by atoms with E-state index in [1.807, 2.05) is 95.9 Å². The summed E-state index contributed by atoms with van der Waals surface area (Å²) in [5.41, 5.74) is 16.1. The van der Waals surface area contributed by atoms with Crippen molar-refractivity contribution in [1.29, 1.82) is 0 Å². The lowest BCUT2D eigenvalue weighted by Gasteiger charge is -2.29. The Kier molecular flexibility index (Phi) is 11.0. The van der Waals surface area contributed by atoms with Gasteiger partial charge in [0.1, 0.15) is 0 Å². The van der Waals surface area contributed by atoms with Crippen LogP contribution in [0.4, 0.5) is 0 Å². The smallest absolute Gasteiger partial charge is 0.251 e. The molecule has 0 bridgehead atoms. The van der Waals surface area contributed by atoms with E-state index in [0.717, 1.165) is 11.1 Å². The van der Waals surface area contributed by atoms with Crippen molar-refractivity contribution >= 4 is 17.8 Å². The summed E-state index contributed by atoms with van der Waals surface area (Å²) >= 11 is 0. The Morgan fingerprint density at radius 2 is 1.42 bits per heavy atom. The number of carbonyl (C=O) groups is 2. The van der Waals surface area contributed by atoms with Gasteiger partial charge in [0, 0.05) is 43.7 Å². The normalized spacial score (nSPS) is 16.6. The maximum absolute atomic E-state index is 14.0. The molecule has 1 aliphatic rings. The summed E-state index contributed by atoms with van der Waals surface area (Å²) in [5, 5.41) is 6.65. The summed E-state index contributed by atoms with van der Waals surface area (Å²) in [6.45, 7) is 2.00. The van der Waals surface area contributed by atoms with Crippen molar-refractivity contribution < 1.29 is 9.59 Å². The molecule has 1 heterocycles. The van der Waals surface area contributed by atoms with E-state index in [2.05, 4.69) is 39.9 Å². The Morgan fingerprint density at radius 3 is 2.02 bits per heavy atom. The Bertz CT molecular complexity index is 1500. The lowest BCUT2D eigenvalue weighted by Crippen LogP contribution is -2.49. The third kappa shape index (κ3) is 8.80. The summed E-state index contributed by atoms with van der Waals surface area (Å²) in [4.78, 5) is 33.2. The van der Waals surface area contributed by atoms with E-state index in [-0.39, 0.29) is 29.7 Å². The highest BCUT2D eigenvalue weighted by molar-refractivity contribution is 5.94. The molecule has 6 N–H and O–H groups in total. The predicted octanol–water partition coefficient (Wildman–Crippen LogP) is 4.53. The van der Waals surface area contributed by atoms with Crippen LogP contribution in [-0.2, 0) is 4.79 Å². The maximum atomic E-state index is 14.0. The molecule has 45 heavy (non-hydrogen) atoms. The average molecular weight is 603 g/mol. The third-order valence-corrected chi connectivity index (χ3v) is 8.31. The first-order valence-corrected chi connectivity index (χ1v) is 15.6. The highest BCUT2D eigenvalue weighted by atomic mass is 16.2. The standard InChI is InChI=1S/C37H42N6O2/c38-37(39)40-23-10-17-34-36(45)43(26-33(29-13-6-2-7-14-29)30-15-8-3-9-16-30)24-22-32(42-34)25-41-35(44)31-20-18-28(19-21-31)27-11-4-1-5-12-27/h1-9,11-16,18-21,32-34,42H,10,17,22-26H2,(H,41,44)(H4,38,39,40). The molecule has 232 valence electrons. The van der Waals surface area contributed by atoms with Crippen LogP contribution in [0.3, 0.4) is 0 Å². The third-order valence-electron chi connectivity index (χ3n) is 8.31. The van der Waals surface area contributed by atoms with Gasteiger partial charge in [0.15, 0.2) is 5.96 Å². The number of aliphatic imine (C=N–C) groups is 1. The molecule has 4 aromatic carbocycles. The molecule has 0 spiro atoms.